The Labute approximate surface area is 186 Å². The fourth-order valence-corrected chi connectivity index (χ4v) is 3.98. The van der Waals surface area contributed by atoms with Gasteiger partial charge in [-0.2, -0.15) is 0 Å². The largest absolute Gasteiger partial charge is 0.324 e. The van der Waals surface area contributed by atoms with E-state index in [4.69, 9.17) is 0 Å². The highest BCUT2D eigenvalue weighted by molar-refractivity contribution is 9.10. The summed E-state index contributed by atoms with van der Waals surface area (Å²) in [4.78, 5) is 31.7. The second kappa shape index (κ2) is 10.2. The van der Waals surface area contributed by atoms with E-state index >= 15 is 0 Å². The maximum atomic E-state index is 12.8. The number of rotatable bonds is 6. The van der Waals surface area contributed by atoms with Gasteiger partial charge in [0.1, 0.15) is 5.82 Å². The molecular formula is C23H29BrN4O2. The van der Waals surface area contributed by atoms with Crippen molar-refractivity contribution >= 4 is 39.2 Å². The van der Waals surface area contributed by atoms with Crippen molar-refractivity contribution in [2.75, 3.05) is 23.7 Å². The van der Waals surface area contributed by atoms with E-state index in [2.05, 4.69) is 56.4 Å². The number of piperidine rings is 1. The van der Waals surface area contributed by atoms with Gasteiger partial charge in [0.15, 0.2) is 0 Å². The number of carbonyl (C=O) groups is 2. The molecule has 0 saturated carbocycles. The van der Waals surface area contributed by atoms with Crippen LogP contribution in [-0.2, 0) is 9.59 Å². The van der Waals surface area contributed by atoms with Gasteiger partial charge in [-0.25, -0.2) is 4.98 Å². The summed E-state index contributed by atoms with van der Waals surface area (Å²) >= 11 is 3.34. The summed E-state index contributed by atoms with van der Waals surface area (Å²) in [6, 6.07) is 11.3. The van der Waals surface area contributed by atoms with Gasteiger partial charge < -0.3 is 10.6 Å². The van der Waals surface area contributed by atoms with E-state index in [0.29, 0.717) is 24.8 Å². The molecule has 1 unspecified atom stereocenters. The fourth-order valence-electron chi connectivity index (χ4n) is 3.74. The molecule has 1 saturated heterocycles. The van der Waals surface area contributed by atoms with Crippen molar-refractivity contribution < 1.29 is 9.59 Å². The molecule has 2 heterocycles. The average Bonchev–Trinajstić information content (AvgIpc) is 2.75. The topological polar surface area (TPSA) is 74.3 Å². The zero-order valence-corrected chi connectivity index (χ0v) is 19.3. The zero-order chi connectivity index (χ0) is 21.7. The summed E-state index contributed by atoms with van der Waals surface area (Å²) in [5, 5.41) is 5.97. The van der Waals surface area contributed by atoms with Gasteiger partial charge in [-0.1, -0.05) is 32.0 Å². The second-order valence-corrected chi connectivity index (χ2v) is 8.98. The van der Waals surface area contributed by atoms with Gasteiger partial charge >= 0.3 is 0 Å². The molecule has 7 heteroatoms. The molecule has 30 heavy (non-hydrogen) atoms. The molecule has 1 aliphatic rings. The van der Waals surface area contributed by atoms with Crippen LogP contribution in [0.4, 0.5) is 11.5 Å². The molecule has 0 radical (unpaired) electrons. The predicted molar refractivity (Wildman–Crippen MR) is 123 cm³/mol. The minimum atomic E-state index is -0.248. The first-order valence-electron chi connectivity index (χ1n) is 10.4. The Bertz CT molecular complexity index is 877. The van der Waals surface area contributed by atoms with Gasteiger partial charge in [0.05, 0.1) is 6.04 Å². The van der Waals surface area contributed by atoms with E-state index in [1.807, 2.05) is 31.2 Å². The molecule has 1 fully saturated rings. The maximum absolute atomic E-state index is 12.8. The number of carbonyl (C=O) groups excluding carboxylic acids is 2. The maximum Gasteiger partial charge on any atom is 0.241 e. The normalized spacial score (nSPS) is 16.3. The molecule has 0 aliphatic carbocycles. The van der Waals surface area contributed by atoms with Gasteiger partial charge in [-0.05, 0) is 78.5 Å². The summed E-state index contributed by atoms with van der Waals surface area (Å²) in [6.07, 6.45) is 3.11. The van der Waals surface area contributed by atoms with Gasteiger partial charge in [-0.3, -0.25) is 14.5 Å². The summed E-state index contributed by atoms with van der Waals surface area (Å²) in [5.41, 5.74) is 2.01. The Morgan fingerprint density at radius 3 is 2.40 bits per heavy atom. The van der Waals surface area contributed by atoms with Crippen molar-refractivity contribution in [3.05, 3.63) is 52.6 Å². The van der Waals surface area contributed by atoms with Crippen LogP contribution >= 0.6 is 15.9 Å². The van der Waals surface area contributed by atoms with Crippen LogP contribution in [0.2, 0.25) is 0 Å². The molecule has 2 amide bonds. The van der Waals surface area contributed by atoms with Gasteiger partial charge in [0, 0.05) is 22.3 Å². The highest BCUT2D eigenvalue weighted by Gasteiger charge is 2.30. The molecule has 1 aliphatic heterocycles. The number of benzene rings is 1. The number of hydrogen-bond acceptors (Lipinski definition) is 4. The molecule has 1 aromatic heterocycles. The molecule has 1 aromatic carbocycles. The third-order valence-corrected chi connectivity index (χ3v) is 6.12. The van der Waals surface area contributed by atoms with Crippen LogP contribution < -0.4 is 10.6 Å². The molecule has 1 atom stereocenters. The van der Waals surface area contributed by atoms with Crippen LogP contribution in [0, 0.1) is 5.92 Å². The number of anilines is 2. The van der Waals surface area contributed by atoms with E-state index in [0.717, 1.165) is 28.6 Å². The lowest BCUT2D eigenvalue weighted by atomic mass is 9.94. The molecule has 0 spiro atoms. The first kappa shape index (κ1) is 22.4. The number of amides is 2. The van der Waals surface area contributed by atoms with Crippen molar-refractivity contribution in [1.82, 2.24) is 9.88 Å². The first-order valence-corrected chi connectivity index (χ1v) is 11.2. The third kappa shape index (κ3) is 5.67. The number of halogens is 1. The number of likely N-dealkylation sites (tertiary alicyclic amines) is 1. The van der Waals surface area contributed by atoms with Crippen LogP contribution in [0.3, 0.4) is 0 Å². The lowest BCUT2D eigenvalue weighted by Gasteiger charge is -2.34. The minimum Gasteiger partial charge on any atom is -0.324 e. The van der Waals surface area contributed by atoms with Crippen LogP contribution in [0.5, 0.6) is 0 Å². The molecule has 3 rings (SSSR count). The van der Waals surface area contributed by atoms with Crippen molar-refractivity contribution in [3.63, 3.8) is 0 Å². The quantitative estimate of drug-likeness (QED) is 0.641. The zero-order valence-electron chi connectivity index (χ0n) is 17.7. The molecular weight excluding hydrogens is 444 g/mol. The number of nitrogens with zero attached hydrogens (tertiary/aromatic N) is 2. The summed E-state index contributed by atoms with van der Waals surface area (Å²) in [5.74, 6) is 0.814. The Hall–Kier alpha value is -2.25. The van der Waals surface area contributed by atoms with Crippen molar-refractivity contribution in [2.24, 2.45) is 5.92 Å². The Balaban J connectivity index is 1.52. The average molecular weight is 473 g/mol. The summed E-state index contributed by atoms with van der Waals surface area (Å²) < 4.78 is 0.872. The van der Waals surface area contributed by atoms with Crippen LogP contribution in [0.1, 0.15) is 45.1 Å². The number of para-hydroxylation sites is 1. The highest BCUT2D eigenvalue weighted by Crippen LogP contribution is 2.25. The van der Waals surface area contributed by atoms with Gasteiger partial charge in [0.25, 0.3) is 0 Å². The van der Waals surface area contributed by atoms with E-state index < -0.39 is 0 Å². The number of pyridine rings is 1. The molecule has 0 bridgehead atoms. The lowest BCUT2D eigenvalue weighted by molar-refractivity contribution is -0.123. The molecule has 6 nitrogen and oxygen atoms in total. The van der Waals surface area contributed by atoms with Crippen molar-refractivity contribution in [1.29, 1.82) is 0 Å². The SMILES string of the molecule is CC(C)c1ccccc1NC(=O)C(C)N1CCC(C(=O)Nc2ccc(Br)cn2)CC1. The minimum absolute atomic E-state index is 0.00700. The lowest BCUT2D eigenvalue weighted by Crippen LogP contribution is -2.47. The van der Waals surface area contributed by atoms with E-state index in [1.165, 1.54) is 0 Å². The molecule has 2 N–H and O–H groups in total. The van der Waals surface area contributed by atoms with Crippen LogP contribution in [0.25, 0.3) is 0 Å². The number of hydrogen-bond donors (Lipinski definition) is 2. The van der Waals surface area contributed by atoms with Crippen LogP contribution in [-0.4, -0.2) is 40.8 Å². The van der Waals surface area contributed by atoms with Gasteiger partial charge in [0.2, 0.25) is 11.8 Å². The monoisotopic (exact) mass is 472 g/mol. The summed E-state index contributed by atoms with van der Waals surface area (Å²) in [7, 11) is 0. The van der Waals surface area contributed by atoms with E-state index in [-0.39, 0.29) is 23.8 Å². The standard InChI is InChI=1S/C23H29BrN4O2/c1-15(2)19-6-4-5-7-20(19)26-22(29)16(3)28-12-10-17(11-13-28)23(30)27-21-9-8-18(24)14-25-21/h4-9,14-17H,10-13H2,1-3H3,(H,26,29)(H,25,27,30). The van der Waals surface area contributed by atoms with Crippen LogP contribution in [0.15, 0.2) is 47.1 Å². The number of nitrogens with one attached hydrogen (secondary N) is 2. The van der Waals surface area contributed by atoms with Crippen molar-refractivity contribution in [3.8, 4) is 0 Å². The van der Waals surface area contributed by atoms with Crippen molar-refractivity contribution in [2.45, 2.75) is 45.6 Å². The molecule has 160 valence electrons. The van der Waals surface area contributed by atoms with Gasteiger partial charge in [-0.15, -0.1) is 0 Å². The van der Waals surface area contributed by atoms with E-state index in [1.54, 1.807) is 12.3 Å². The predicted octanol–water partition coefficient (Wildman–Crippen LogP) is 4.65. The number of aromatic nitrogens is 1. The Morgan fingerprint density at radius 2 is 1.77 bits per heavy atom. The Morgan fingerprint density at radius 1 is 1.07 bits per heavy atom. The Kier molecular flexibility index (Phi) is 7.61. The summed E-state index contributed by atoms with van der Waals surface area (Å²) in [6.45, 7) is 7.60. The second-order valence-electron chi connectivity index (χ2n) is 8.07. The highest BCUT2D eigenvalue weighted by atomic mass is 79.9. The third-order valence-electron chi connectivity index (χ3n) is 5.65. The first-order chi connectivity index (χ1) is 14.3. The fraction of sp³-hybridized carbons (Fsp3) is 0.435. The molecule has 2 aromatic rings. The smallest absolute Gasteiger partial charge is 0.241 e. The van der Waals surface area contributed by atoms with E-state index in [9.17, 15) is 9.59 Å².